The number of rotatable bonds is 7. The van der Waals surface area contributed by atoms with Crippen molar-refractivity contribution in [1.82, 2.24) is 4.90 Å². The number of hydrogen-bond acceptors (Lipinski definition) is 3. The summed E-state index contributed by atoms with van der Waals surface area (Å²) in [6.45, 7) is 7.03. The van der Waals surface area contributed by atoms with Crippen molar-refractivity contribution in [2.24, 2.45) is 11.7 Å². The zero-order valence-electron chi connectivity index (χ0n) is 10.6. The average Bonchev–Trinajstić information content (AvgIpc) is 2.25. The van der Waals surface area contributed by atoms with Crippen LogP contribution in [0.4, 0.5) is 0 Å². The molecule has 0 aromatic heterocycles. The number of amides is 1. The van der Waals surface area contributed by atoms with Crippen molar-refractivity contribution < 1.29 is 4.79 Å². The Morgan fingerprint density at radius 1 is 1.44 bits per heavy atom. The lowest BCUT2D eigenvalue weighted by molar-refractivity contribution is -0.136. The lowest BCUT2D eigenvalue weighted by atomic mass is 10.0. The van der Waals surface area contributed by atoms with Crippen LogP contribution in [0, 0.1) is 17.2 Å². The third-order valence-corrected chi connectivity index (χ3v) is 2.63. The molecule has 0 aliphatic heterocycles. The second kappa shape index (κ2) is 8.12. The van der Waals surface area contributed by atoms with Crippen LogP contribution in [0.25, 0.3) is 0 Å². The molecule has 2 N–H and O–H groups in total. The first-order chi connectivity index (χ1) is 7.54. The molecule has 0 rings (SSSR count). The lowest BCUT2D eigenvalue weighted by Gasteiger charge is -2.28. The van der Waals surface area contributed by atoms with E-state index < -0.39 is 0 Å². The number of carbonyl (C=O) groups is 1. The number of nitriles is 1. The SMILES string of the molecule is CC(CCCN)C(=O)N(CCC#N)C(C)C. The van der Waals surface area contributed by atoms with Crippen molar-refractivity contribution in [2.45, 2.75) is 46.1 Å². The quantitative estimate of drug-likeness (QED) is 0.714. The molecule has 0 bridgehead atoms. The van der Waals surface area contributed by atoms with Gasteiger partial charge in [-0.1, -0.05) is 6.92 Å². The first kappa shape index (κ1) is 14.9. The molecule has 1 unspecified atom stereocenters. The number of nitrogens with two attached hydrogens (primary N) is 1. The third-order valence-electron chi connectivity index (χ3n) is 2.63. The van der Waals surface area contributed by atoms with Crippen LogP contribution in [0.15, 0.2) is 0 Å². The highest BCUT2D eigenvalue weighted by Gasteiger charge is 2.21. The molecular weight excluding hydrogens is 202 g/mol. The van der Waals surface area contributed by atoms with E-state index in [2.05, 4.69) is 6.07 Å². The first-order valence-electron chi connectivity index (χ1n) is 5.92. The van der Waals surface area contributed by atoms with Crippen LogP contribution in [-0.2, 0) is 4.79 Å². The van der Waals surface area contributed by atoms with E-state index in [9.17, 15) is 4.79 Å². The lowest BCUT2D eigenvalue weighted by Crippen LogP contribution is -2.40. The largest absolute Gasteiger partial charge is 0.339 e. The number of carbonyl (C=O) groups excluding carboxylic acids is 1. The van der Waals surface area contributed by atoms with E-state index in [0.29, 0.717) is 19.5 Å². The summed E-state index contributed by atoms with van der Waals surface area (Å²) < 4.78 is 0. The molecule has 0 saturated heterocycles. The van der Waals surface area contributed by atoms with E-state index >= 15 is 0 Å². The summed E-state index contributed by atoms with van der Waals surface area (Å²) in [5.74, 6) is 0.142. The van der Waals surface area contributed by atoms with Gasteiger partial charge in [0.05, 0.1) is 12.5 Å². The predicted octanol–water partition coefficient (Wildman–Crippen LogP) is 1.51. The summed E-state index contributed by atoms with van der Waals surface area (Å²) >= 11 is 0. The molecule has 0 radical (unpaired) electrons. The van der Waals surface area contributed by atoms with E-state index in [0.717, 1.165) is 12.8 Å². The third kappa shape index (κ3) is 5.13. The fourth-order valence-electron chi connectivity index (χ4n) is 1.62. The van der Waals surface area contributed by atoms with Gasteiger partial charge in [-0.05, 0) is 33.2 Å². The summed E-state index contributed by atoms with van der Waals surface area (Å²) in [5, 5.41) is 8.55. The molecule has 92 valence electrons. The second-order valence-electron chi connectivity index (χ2n) is 4.37. The van der Waals surface area contributed by atoms with Gasteiger partial charge < -0.3 is 10.6 Å². The standard InChI is InChI=1S/C12H23N3O/c1-10(2)15(9-5-8-14)12(16)11(3)6-4-7-13/h10-11H,4-7,9,13H2,1-3H3. The molecule has 0 aliphatic carbocycles. The van der Waals surface area contributed by atoms with Crippen molar-refractivity contribution in [3.8, 4) is 6.07 Å². The van der Waals surface area contributed by atoms with Crippen LogP contribution in [0.3, 0.4) is 0 Å². The van der Waals surface area contributed by atoms with Crippen LogP contribution in [-0.4, -0.2) is 29.9 Å². The average molecular weight is 225 g/mol. The number of nitrogens with zero attached hydrogens (tertiary/aromatic N) is 2. The Hall–Kier alpha value is -1.08. The minimum atomic E-state index is 0.00430. The normalized spacial score (nSPS) is 12.2. The zero-order valence-corrected chi connectivity index (χ0v) is 10.6. The van der Waals surface area contributed by atoms with Gasteiger partial charge in [-0.25, -0.2) is 0 Å². The fourth-order valence-corrected chi connectivity index (χ4v) is 1.62. The molecule has 0 heterocycles. The molecule has 0 aromatic rings. The van der Waals surface area contributed by atoms with E-state index in [1.165, 1.54) is 0 Å². The Balaban J connectivity index is 4.31. The van der Waals surface area contributed by atoms with Crippen LogP contribution in [0.1, 0.15) is 40.0 Å². The maximum atomic E-state index is 12.1. The smallest absolute Gasteiger partial charge is 0.225 e. The van der Waals surface area contributed by atoms with Gasteiger partial charge in [0.25, 0.3) is 0 Å². The van der Waals surface area contributed by atoms with Crippen molar-refractivity contribution in [1.29, 1.82) is 5.26 Å². The highest BCUT2D eigenvalue weighted by Crippen LogP contribution is 2.12. The van der Waals surface area contributed by atoms with Crippen molar-refractivity contribution in [3.05, 3.63) is 0 Å². The number of hydrogen-bond donors (Lipinski definition) is 1. The van der Waals surface area contributed by atoms with E-state index in [-0.39, 0.29) is 17.9 Å². The van der Waals surface area contributed by atoms with Gasteiger partial charge >= 0.3 is 0 Å². The molecule has 0 fully saturated rings. The molecule has 16 heavy (non-hydrogen) atoms. The molecule has 0 aliphatic rings. The Morgan fingerprint density at radius 3 is 2.50 bits per heavy atom. The minimum absolute atomic E-state index is 0.00430. The molecule has 0 aromatic carbocycles. The molecule has 4 heteroatoms. The molecule has 0 saturated carbocycles. The van der Waals surface area contributed by atoms with Crippen molar-refractivity contribution in [2.75, 3.05) is 13.1 Å². The summed E-state index contributed by atoms with van der Waals surface area (Å²) in [7, 11) is 0. The molecule has 1 amide bonds. The topological polar surface area (TPSA) is 70.1 Å². The summed E-state index contributed by atoms with van der Waals surface area (Å²) in [4.78, 5) is 13.9. The molecule has 0 spiro atoms. The molecule has 1 atom stereocenters. The Bertz CT molecular complexity index is 245. The van der Waals surface area contributed by atoms with Crippen molar-refractivity contribution >= 4 is 5.91 Å². The monoisotopic (exact) mass is 225 g/mol. The van der Waals surface area contributed by atoms with E-state index in [1.54, 1.807) is 4.90 Å². The van der Waals surface area contributed by atoms with Gasteiger partial charge in [0.2, 0.25) is 5.91 Å². The van der Waals surface area contributed by atoms with Crippen LogP contribution < -0.4 is 5.73 Å². The molecule has 4 nitrogen and oxygen atoms in total. The second-order valence-corrected chi connectivity index (χ2v) is 4.37. The first-order valence-corrected chi connectivity index (χ1v) is 5.92. The van der Waals surface area contributed by atoms with E-state index in [1.807, 2.05) is 20.8 Å². The summed E-state index contributed by atoms with van der Waals surface area (Å²) in [5.41, 5.74) is 5.43. The van der Waals surface area contributed by atoms with Crippen LogP contribution in [0.5, 0.6) is 0 Å². The Labute approximate surface area is 98.4 Å². The predicted molar refractivity (Wildman–Crippen MR) is 64.5 cm³/mol. The maximum absolute atomic E-state index is 12.1. The fraction of sp³-hybridized carbons (Fsp3) is 0.833. The molecular formula is C12H23N3O. The summed E-state index contributed by atoms with van der Waals surface area (Å²) in [6, 6.07) is 2.23. The van der Waals surface area contributed by atoms with E-state index in [4.69, 9.17) is 11.0 Å². The van der Waals surface area contributed by atoms with Gasteiger partial charge in [-0.3, -0.25) is 4.79 Å². The van der Waals surface area contributed by atoms with Gasteiger partial charge in [-0.2, -0.15) is 5.26 Å². The zero-order chi connectivity index (χ0) is 12.6. The van der Waals surface area contributed by atoms with Crippen molar-refractivity contribution in [3.63, 3.8) is 0 Å². The Morgan fingerprint density at radius 2 is 2.06 bits per heavy atom. The maximum Gasteiger partial charge on any atom is 0.225 e. The van der Waals surface area contributed by atoms with Gasteiger partial charge in [0.1, 0.15) is 0 Å². The summed E-state index contributed by atoms with van der Waals surface area (Å²) in [6.07, 6.45) is 2.09. The van der Waals surface area contributed by atoms with Crippen LogP contribution in [0.2, 0.25) is 0 Å². The minimum Gasteiger partial charge on any atom is -0.339 e. The van der Waals surface area contributed by atoms with Gasteiger partial charge in [-0.15, -0.1) is 0 Å². The van der Waals surface area contributed by atoms with Gasteiger partial charge in [0.15, 0.2) is 0 Å². The highest BCUT2D eigenvalue weighted by molar-refractivity contribution is 5.78. The Kier molecular flexibility index (Phi) is 7.57. The highest BCUT2D eigenvalue weighted by atomic mass is 16.2. The van der Waals surface area contributed by atoms with Gasteiger partial charge in [0, 0.05) is 18.5 Å². The van der Waals surface area contributed by atoms with Crippen LogP contribution >= 0.6 is 0 Å².